The molecule has 0 saturated heterocycles. The van der Waals surface area contributed by atoms with Crippen molar-refractivity contribution in [2.24, 2.45) is 5.73 Å². The summed E-state index contributed by atoms with van der Waals surface area (Å²) in [5, 5.41) is 0. The molecule has 1 saturated carbocycles. The van der Waals surface area contributed by atoms with Gasteiger partial charge in [0.2, 0.25) is 0 Å². The summed E-state index contributed by atoms with van der Waals surface area (Å²) in [5.41, 5.74) is 5.23. The molecule has 1 fully saturated rings. The lowest BCUT2D eigenvalue weighted by Crippen LogP contribution is -2.19. The van der Waals surface area contributed by atoms with E-state index in [1.54, 1.807) is 6.07 Å². The smallest absolute Gasteiger partial charge is 0.321 e. The van der Waals surface area contributed by atoms with Crippen molar-refractivity contribution in [3.05, 3.63) is 33.8 Å². The van der Waals surface area contributed by atoms with Crippen LogP contribution in [0.4, 0.5) is 13.2 Å². The monoisotopic (exact) mass is 279 g/mol. The molecule has 2 N–H and O–H groups in total. The fourth-order valence-corrected chi connectivity index (χ4v) is 1.95. The van der Waals surface area contributed by atoms with Gasteiger partial charge in [0.15, 0.2) is 0 Å². The van der Waals surface area contributed by atoms with E-state index in [1.165, 1.54) is 6.07 Å². The van der Waals surface area contributed by atoms with Gasteiger partial charge in [0.1, 0.15) is 0 Å². The first-order chi connectivity index (χ1) is 6.83. The van der Waals surface area contributed by atoms with Gasteiger partial charge in [-0.15, -0.1) is 0 Å². The van der Waals surface area contributed by atoms with E-state index in [0.29, 0.717) is 5.56 Å². The Morgan fingerprint density at radius 2 is 1.87 bits per heavy atom. The molecule has 0 heterocycles. The summed E-state index contributed by atoms with van der Waals surface area (Å²) in [7, 11) is 0. The second-order valence-electron chi connectivity index (χ2n) is 3.85. The van der Waals surface area contributed by atoms with Crippen LogP contribution in [0.5, 0.6) is 0 Å². The van der Waals surface area contributed by atoms with Crippen LogP contribution in [-0.2, 0) is 11.7 Å². The average Bonchev–Trinajstić information content (AvgIpc) is 2.83. The molecule has 0 unspecified atom stereocenters. The van der Waals surface area contributed by atoms with Crippen molar-refractivity contribution in [3.8, 4) is 0 Å². The van der Waals surface area contributed by atoms with Gasteiger partial charge in [-0.2, -0.15) is 13.2 Å². The van der Waals surface area contributed by atoms with Crippen LogP contribution in [0.25, 0.3) is 0 Å². The standard InChI is InChI=1S/C10H9BrF3N/c11-8-2-1-6(9(15)3-4-9)5-7(8)10(12,13)14/h1-2,5H,3-4,15H2. The average molecular weight is 280 g/mol. The minimum Gasteiger partial charge on any atom is -0.321 e. The summed E-state index contributed by atoms with van der Waals surface area (Å²) < 4.78 is 37.8. The minimum atomic E-state index is -4.33. The Bertz CT molecular complexity index is 396. The fraction of sp³-hybridized carbons (Fsp3) is 0.400. The topological polar surface area (TPSA) is 26.0 Å². The van der Waals surface area contributed by atoms with E-state index in [4.69, 9.17) is 5.73 Å². The van der Waals surface area contributed by atoms with Crippen molar-refractivity contribution >= 4 is 15.9 Å². The van der Waals surface area contributed by atoms with Crippen LogP contribution in [-0.4, -0.2) is 0 Å². The highest BCUT2D eigenvalue weighted by molar-refractivity contribution is 9.10. The van der Waals surface area contributed by atoms with E-state index in [2.05, 4.69) is 15.9 Å². The number of alkyl halides is 3. The second-order valence-corrected chi connectivity index (χ2v) is 4.70. The van der Waals surface area contributed by atoms with Crippen LogP contribution < -0.4 is 5.73 Å². The van der Waals surface area contributed by atoms with Crippen LogP contribution in [0.3, 0.4) is 0 Å². The third-order valence-corrected chi connectivity index (χ3v) is 3.33. The van der Waals surface area contributed by atoms with E-state index in [1.807, 2.05) is 0 Å². The zero-order valence-corrected chi connectivity index (χ0v) is 9.32. The van der Waals surface area contributed by atoms with Gasteiger partial charge in [0.05, 0.1) is 5.56 Å². The lowest BCUT2D eigenvalue weighted by Gasteiger charge is -2.14. The summed E-state index contributed by atoms with van der Waals surface area (Å²) in [4.78, 5) is 0. The van der Waals surface area contributed by atoms with Crippen molar-refractivity contribution in [2.75, 3.05) is 0 Å². The normalized spacial score (nSPS) is 19.0. The molecule has 0 spiro atoms. The molecular formula is C10H9BrF3N. The lowest BCUT2D eigenvalue weighted by atomic mass is 10.0. The molecule has 1 aliphatic rings. The van der Waals surface area contributed by atoms with Gasteiger partial charge in [-0.05, 0) is 30.5 Å². The maximum atomic E-state index is 12.6. The van der Waals surface area contributed by atoms with Crippen molar-refractivity contribution in [3.63, 3.8) is 0 Å². The zero-order chi connectivity index (χ0) is 11.3. The molecule has 0 atom stereocenters. The number of hydrogen-bond acceptors (Lipinski definition) is 1. The quantitative estimate of drug-likeness (QED) is 0.838. The Hall–Kier alpha value is -0.550. The maximum Gasteiger partial charge on any atom is 0.417 e. The fourth-order valence-electron chi connectivity index (χ4n) is 1.48. The number of halogens is 4. The van der Waals surface area contributed by atoms with Crippen molar-refractivity contribution in [1.82, 2.24) is 0 Å². The molecule has 0 aliphatic heterocycles. The van der Waals surface area contributed by atoms with Gasteiger partial charge in [0.25, 0.3) is 0 Å². The lowest BCUT2D eigenvalue weighted by molar-refractivity contribution is -0.138. The first-order valence-corrected chi connectivity index (χ1v) is 5.28. The van der Waals surface area contributed by atoms with E-state index in [9.17, 15) is 13.2 Å². The highest BCUT2D eigenvalue weighted by Gasteiger charge is 2.42. The Morgan fingerprint density at radius 3 is 2.33 bits per heavy atom. The number of benzene rings is 1. The molecule has 1 nitrogen and oxygen atoms in total. The molecule has 5 heteroatoms. The summed E-state index contributed by atoms with van der Waals surface area (Å²) in [6, 6.07) is 4.19. The minimum absolute atomic E-state index is 0.0583. The molecule has 0 aromatic heterocycles. The number of hydrogen-bond donors (Lipinski definition) is 1. The summed E-state index contributed by atoms with van der Waals surface area (Å²) in [6.07, 6.45) is -2.82. The number of nitrogens with two attached hydrogens (primary N) is 1. The Kier molecular flexibility index (Phi) is 2.35. The maximum absolute atomic E-state index is 12.6. The van der Waals surface area contributed by atoms with Crippen LogP contribution in [0.1, 0.15) is 24.0 Å². The van der Waals surface area contributed by atoms with Crippen LogP contribution in [0.15, 0.2) is 22.7 Å². The van der Waals surface area contributed by atoms with Crippen molar-refractivity contribution < 1.29 is 13.2 Å². The zero-order valence-electron chi connectivity index (χ0n) is 7.74. The predicted octanol–water partition coefficient (Wildman–Crippen LogP) is 3.42. The van der Waals surface area contributed by atoms with Gasteiger partial charge in [-0.3, -0.25) is 0 Å². The van der Waals surface area contributed by atoms with Gasteiger partial charge in [-0.1, -0.05) is 22.0 Å². The SMILES string of the molecule is NC1(c2ccc(Br)c(C(F)(F)F)c2)CC1. The van der Waals surface area contributed by atoms with Gasteiger partial charge >= 0.3 is 6.18 Å². The Balaban J connectivity index is 2.46. The third-order valence-electron chi connectivity index (χ3n) is 2.64. The summed E-state index contributed by atoms with van der Waals surface area (Å²) in [6.45, 7) is 0. The summed E-state index contributed by atoms with van der Waals surface area (Å²) >= 11 is 2.89. The van der Waals surface area contributed by atoms with Gasteiger partial charge in [0, 0.05) is 10.0 Å². The van der Waals surface area contributed by atoms with E-state index < -0.39 is 17.3 Å². The Morgan fingerprint density at radius 1 is 1.27 bits per heavy atom. The van der Waals surface area contributed by atoms with Gasteiger partial charge < -0.3 is 5.73 Å². The van der Waals surface area contributed by atoms with Crippen molar-refractivity contribution in [2.45, 2.75) is 24.6 Å². The largest absolute Gasteiger partial charge is 0.417 e. The third kappa shape index (κ3) is 2.03. The van der Waals surface area contributed by atoms with E-state index >= 15 is 0 Å². The molecule has 82 valence electrons. The van der Waals surface area contributed by atoms with Crippen molar-refractivity contribution in [1.29, 1.82) is 0 Å². The van der Waals surface area contributed by atoms with Crippen LogP contribution in [0, 0.1) is 0 Å². The van der Waals surface area contributed by atoms with E-state index in [-0.39, 0.29) is 4.47 Å². The molecule has 15 heavy (non-hydrogen) atoms. The molecule has 1 aromatic carbocycles. The Labute approximate surface area is 93.6 Å². The molecule has 1 aromatic rings. The number of rotatable bonds is 1. The molecule has 2 rings (SSSR count). The highest BCUT2D eigenvalue weighted by atomic mass is 79.9. The first-order valence-electron chi connectivity index (χ1n) is 4.49. The first kappa shape index (κ1) is 11.0. The predicted molar refractivity (Wildman–Crippen MR) is 54.2 cm³/mol. The second kappa shape index (κ2) is 3.22. The van der Waals surface area contributed by atoms with Gasteiger partial charge in [-0.25, -0.2) is 0 Å². The molecular weight excluding hydrogens is 271 g/mol. The van der Waals surface area contributed by atoms with Crippen LogP contribution >= 0.6 is 15.9 Å². The summed E-state index contributed by atoms with van der Waals surface area (Å²) in [5.74, 6) is 0. The molecule has 0 bridgehead atoms. The van der Waals surface area contributed by atoms with Crippen LogP contribution in [0.2, 0.25) is 0 Å². The molecule has 0 radical (unpaired) electrons. The molecule has 0 amide bonds. The molecule has 1 aliphatic carbocycles. The highest BCUT2D eigenvalue weighted by Crippen LogP contribution is 2.45. The van der Waals surface area contributed by atoms with E-state index in [0.717, 1.165) is 18.9 Å².